The van der Waals surface area contributed by atoms with Crippen LogP contribution in [0, 0.1) is 6.92 Å². The van der Waals surface area contributed by atoms with Crippen molar-refractivity contribution in [3.63, 3.8) is 0 Å². The van der Waals surface area contributed by atoms with E-state index in [0.29, 0.717) is 35.1 Å². The van der Waals surface area contributed by atoms with Crippen LogP contribution in [-0.2, 0) is 20.9 Å². The fourth-order valence-electron chi connectivity index (χ4n) is 3.65. The van der Waals surface area contributed by atoms with Crippen LogP contribution in [0.3, 0.4) is 0 Å². The third-order valence-electron chi connectivity index (χ3n) is 5.36. The number of methoxy groups -OCH3 is 4. The highest BCUT2D eigenvalue weighted by molar-refractivity contribution is 6.16. The molecule has 0 fully saturated rings. The van der Waals surface area contributed by atoms with Crippen molar-refractivity contribution in [2.75, 3.05) is 28.4 Å². The highest BCUT2D eigenvalue weighted by Gasteiger charge is 2.37. The molecule has 0 bridgehead atoms. The molecule has 0 atom stereocenters. The second-order valence-corrected chi connectivity index (χ2v) is 7.35. The predicted octanol–water partition coefficient (Wildman–Crippen LogP) is 3.89. The molecule has 2 aromatic rings. The molecule has 168 valence electrons. The Hall–Kier alpha value is -3.74. The number of hydrogen-bond donors (Lipinski definition) is 0. The van der Waals surface area contributed by atoms with Crippen LogP contribution >= 0.6 is 0 Å². The third kappa shape index (κ3) is 4.32. The average molecular weight is 437 g/mol. The van der Waals surface area contributed by atoms with Crippen LogP contribution in [0.15, 0.2) is 53.2 Å². The molecule has 7 heteroatoms. The smallest absolute Gasteiger partial charge is 0.340 e. The van der Waals surface area contributed by atoms with Crippen molar-refractivity contribution in [1.29, 1.82) is 0 Å². The summed E-state index contributed by atoms with van der Waals surface area (Å²) in [5, 5.41) is 0. The maximum Gasteiger partial charge on any atom is 0.340 e. The van der Waals surface area contributed by atoms with Crippen LogP contribution in [0.1, 0.15) is 23.6 Å². The molecule has 2 aromatic carbocycles. The molecule has 3 rings (SSSR count). The lowest BCUT2D eigenvalue weighted by molar-refractivity contribution is -0.136. The zero-order valence-corrected chi connectivity index (χ0v) is 19.1. The van der Waals surface area contributed by atoms with Crippen LogP contribution in [0.4, 0.5) is 0 Å². The molecule has 0 saturated carbocycles. The minimum atomic E-state index is -0.569. The first-order valence-electron chi connectivity index (χ1n) is 10.0. The first-order valence-corrected chi connectivity index (χ1v) is 10.0. The lowest BCUT2D eigenvalue weighted by atomic mass is 10.0. The Balaban J connectivity index is 2.08. The van der Waals surface area contributed by atoms with E-state index in [9.17, 15) is 9.59 Å². The van der Waals surface area contributed by atoms with Gasteiger partial charge in [0, 0.05) is 5.70 Å². The molecule has 1 amide bonds. The molecule has 0 spiro atoms. The Morgan fingerprint density at radius 2 is 1.53 bits per heavy atom. The monoisotopic (exact) mass is 437 g/mol. The van der Waals surface area contributed by atoms with E-state index in [2.05, 4.69) is 0 Å². The predicted molar refractivity (Wildman–Crippen MR) is 121 cm³/mol. The largest absolute Gasteiger partial charge is 0.493 e. The standard InChI is InChI=1S/C25H27NO6/c1-15-7-9-17(10-8-15)14-26-16(2)22(25(28)32-6)19(24(26)27)11-18-12-20(29-3)23(31-5)21(13-18)30-4/h7-13H,14H2,1-6H3. The lowest BCUT2D eigenvalue weighted by Crippen LogP contribution is -2.24. The van der Waals surface area contributed by atoms with Gasteiger partial charge >= 0.3 is 5.97 Å². The molecular formula is C25H27NO6. The Morgan fingerprint density at radius 3 is 2.03 bits per heavy atom. The van der Waals surface area contributed by atoms with Crippen molar-refractivity contribution < 1.29 is 28.5 Å². The van der Waals surface area contributed by atoms with Gasteiger partial charge in [-0.25, -0.2) is 4.79 Å². The number of rotatable bonds is 7. The number of esters is 1. The molecule has 0 radical (unpaired) electrons. The molecule has 0 N–H and O–H groups in total. The number of aryl methyl sites for hydroxylation is 1. The highest BCUT2D eigenvalue weighted by atomic mass is 16.5. The number of ether oxygens (including phenoxy) is 4. The normalized spacial score (nSPS) is 14.8. The van der Waals surface area contributed by atoms with E-state index in [1.807, 2.05) is 31.2 Å². The van der Waals surface area contributed by atoms with Crippen molar-refractivity contribution in [3.05, 3.63) is 69.9 Å². The van der Waals surface area contributed by atoms with E-state index in [4.69, 9.17) is 18.9 Å². The zero-order chi connectivity index (χ0) is 23.4. The van der Waals surface area contributed by atoms with Gasteiger partial charge in [-0.1, -0.05) is 29.8 Å². The van der Waals surface area contributed by atoms with Crippen LogP contribution in [0.25, 0.3) is 6.08 Å². The fraction of sp³-hybridized carbons (Fsp3) is 0.280. The van der Waals surface area contributed by atoms with Gasteiger partial charge in [-0.15, -0.1) is 0 Å². The van der Waals surface area contributed by atoms with Gasteiger partial charge in [0.1, 0.15) is 0 Å². The Labute approximate surface area is 187 Å². The molecule has 0 aliphatic carbocycles. The molecule has 0 saturated heterocycles. The summed E-state index contributed by atoms with van der Waals surface area (Å²) in [6.45, 7) is 4.09. The van der Waals surface area contributed by atoms with Crippen LogP contribution in [0.5, 0.6) is 17.2 Å². The second-order valence-electron chi connectivity index (χ2n) is 7.35. The van der Waals surface area contributed by atoms with Crippen LogP contribution < -0.4 is 14.2 Å². The SMILES string of the molecule is COC(=O)C1=C(C)N(Cc2ccc(C)cc2)C(=O)C1=Cc1cc(OC)c(OC)c(OC)c1. The zero-order valence-electron chi connectivity index (χ0n) is 19.1. The van der Waals surface area contributed by atoms with Crippen LogP contribution in [0.2, 0.25) is 0 Å². The Bertz CT molecular complexity index is 1070. The summed E-state index contributed by atoms with van der Waals surface area (Å²) in [7, 11) is 5.85. The van der Waals surface area contributed by atoms with E-state index in [1.165, 1.54) is 28.4 Å². The summed E-state index contributed by atoms with van der Waals surface area (Å²) < 4.78 is 21.1. The van der Waals surface area contributed by atoms with Crippen LogP contribution in [-0.4, -0.2) is 45.2 Å². The topological polar surface area (TPSA) is 74.3 Å². The summed E-state index contributed by atoms with van der Waals surface area (Å²) in [6.07, 6.45) is 1.64. The molecule has 0 aromatic heterocycles. The summed E-state index contributed by atoms with van der Waals surface area (Å²) in [6, 6.07) is 11.3. The van der Waals surface area contributed by atoms with Crippen molar-refractivity contribution >= 4 is 18.0 Å². The van der Waals surface area contributed by atoms with Gasteiger partial charge in [-0.3, -0.25) is 4.79 Å². The summed E-state index contributed by atoms with van der Waals surface area (Å²) in [5.74, 6) is 0.482. The number of allylic oxidation sites excluding steroid dienone is 1. The Morgan fingerprint density at radius 1 is 0.938 bits per heavy atom. The summed E-state index contributed by atoms with van der Waals surface area (Å²) in [4.78, 5) is 27.6. The number of carbonyl (C=O) groups is 2. The van der Waals surface area contributed by atoms with Crippen molar-refractivity contribution in [3.8, 4) is 17.2 Å². The van der Waals surface area contributed by atoms with Gasteiger partial charge in [0.2, 0.25) is 5.75 Å². The van der Waals surface area contributed by atoms with Gasteiger partial charge in [-0.05, 0) is 43.2 Å². The van der Waals surface area contributed by atoms with Gasteiger partial charge in [-0.2, -0.15) is 0 Å². The average Bonchev–Trinajstić information content (AvgIpc) is 3.03. The van der Waals surface area contributed by atoms with E-state index in [0.717, 1.165) is 11.1 Å². The summed E-state index contributed by atoms with van der Waals surface area (Å²) >= 11 is 0. The van der Waals surface area contributed by atoms with Crippen molar-refractivity contribution in [1.82, 2.24) is 4.90 Å². The molecule has 1 aliphatic heterocycles. The number of benzene rings is 2. The quantitative estimate of drug-likeness (QED) is 0.483. The van der Waals surface area contributed by atoms with Gasteiger partial charge < -0.3 is 23.8 Å². The Kier molecular flexibility index (Phi) is 6.88. The molecule has 1 heterocycles. The van der Waals surface area contributed by atoms with Crippen molar-refractivity contribution in [2.24, 2.45) is 0 Å². The molecule has 7 nitrogen and oxygen atoms in total. The first kappa shape index (κ1) is 22.9. The maximum atomic E-state index is 13.4. The molecular weight excluding hydrogens is 410 g/mol. The van der Waals surface area contributed by atoms with E-state index in [1.54, 1.807) is 30.0 Å². The molecule has 1 aliphatic rings. The number of carbonyl (C=O) groups excluding carboxylic acids is 2. The number of hydrogen-bond acceptors (Lipinski definition) is 6. The molecule has 32 heavy (non-hydrogen) atoms. The second kappa shape index (κ2) is 9.60. The van der Waals surface area contributed by atoms with Gasteiger partial charge in [0.05, 0.1) is 46.1 Å². The van der Waals surface area contributed by atoms with E-state index in [-0.39, 0.29) is 17.1 Å². The van der Waals surface area contributed by atoms with E-state index >= 15 is 0 Å². The minimum Gasteiger partial charge on any atom is -0.493 e. The third-order valence-corrected chi connectivity index (χ3v) is 5.36. The van der Waals surface area contributed by atoms with Crippen molar-refractivity contribution in [2.45, 2.75) is 20.4 Å². The maximum absolute atomic E-state index is 13.4. The number of nitrogens with zero attached hydrogens (tertiary/aromatic N) is 1. The number of amides is 1. The van der Waals surface area contributed by atoms with Gasteiger partial charge in [0.15, 0.2) is 11.5 Å². The minimum absolute atomic E-state index is 0.235. The highest BCUT2D eigenvalue weighted by Crippen LogP contribution is 2.40. The first-order chi connectivity index (χ1) is 15.3. The fourth-order valence-corrected chi connectivity index (χ4v) is 3.65. The van der Waals surface area contributed by atoms with Gasteiger partial charge in [0.25, 0.3) is 5.91 Å². The lowest BCUT2D eigenvalue weighted by Gasteiger charge is -2.18. The summed E-state index contributed by atoms with van der Waals surface area (Å²) in [5.41, 5.74) is 3.73. The van der Waals surface area contributed by atoms with E-state index < -0.39 is 5.97 Å². The molecule has 0 unspecified atom stereocenters.